The number of aliphatic imine (C=N–C) groups is 1. The zero-order valence-corrected chi connectivity index (χ0v) is 16.7. The molecule has 28 heavy (non-hydrogen) atoms. The van der Waals surface area contributed by atoms with Crippen molar-refractivity contribution in [2.24, 2.45) is 4.99 Å². The van der Waals surface area contributed by atoms with E-state index in [1.165, 1.54) is 5.70 Å². The molecule has 7 heteroatoms. The quantitative estimate of drug-likeness (QED) is 0.743. The molecule has 0 saturated carbocycles. The highest BCUT2D eigenvalue weighted by Crippen LogP contribution is 2.27. The molecule has 148 valence electrons. The van der Waals surface area contributed by atoms with Gasteiger partial charge >= 0.3 is 0 Å². The minimum Gasteiger partial charge on any atom is -0.508 e. The van der Waals surface area contributed by atoms with Gasteiger partial charge in [-0.2, -0.15) is 0 Å². The van der Waals surface area contributed by atoms with Crippen molar-refractivity contribution in [2.45, 2.75) is 38.9 Å². The zero-order valence-electron chi connectivity index (χ0n) is 16.7. The summed E-state index contributed by atoms with van der Waals surface area (Å²) in [6, 6.07) is 7.62. The lowest BCUT2D eigenvalue weighted by Gasteiger charge is -2.33. The number of nitrogens with zero attached hydrogens (tertiary/aromatic N) is 4. The number of hydrogen-bond donors (Lipinski definition) is 3. The SMILES string of the molecule is CC(C)n1cnc2c1NC(C1=CCCN1C)NC2=NCCc1ccc(O)cc1. The number of nitrogens with one attached hydrogen (secondary N) is 2. The molecule has 0 amide bonds. The number of rotatable bonds is 5. The van der Waals surface area contributed by atoms with Crippen molar-refractivity contribution in [1.29, 1.82) is 0 Å². The molecule has 2 aliphatic rings. The van der Waals surface area contributed by atoms with Gasteiger partial charge in [0.1, 0.15) is 23.4 Å². The van der Waals surface area contributed by atoms with Crippen LogP contribution in [0.3, 0.4) is 0 Å². The van der Waals surface area contributed by atoms with Crippen molar-refractivity contribution < 1.29 is 5.11 Å². The van der Waals surface area contributed by atoms with Gasteiger partial charge in [-0.1, -0.05) is 18.2 Å². The van der Waals surface area contributed by atoms with Crippen LogP contribution in [0.2, 0.25) is 0 Å². The molecule has 4 rings (SSSR count). The van der Waals surface area contributed by atoms with Gasteiger partial charge in [0, 0.05) is 26.2 Å². The molecule has 0 fully saturated rings. The first-order chi connectivity index (χ1) is 13.5. The van der Waals surface area contributed by atoms with E-state index in [9.17, 15) is 5.11 Å². The van der Waals surface area contributed by atoms with Gasteiger partial charge in [0.15, 0.2) is 5.84 Å². The molecule has 1 aromatic heterocycles. The van der Waals surface area contributed by atoms with Crippen LogP contribution in [-0.4, -0.2) is 51.7 Å². The van der Waals surface area contributed by atoms with Crippen LogP contribution in [-0.2, 0) is 6.42 Å². The Labute approximate surface area is 165 Å². The maximum Gasteiger partial charge on any atom is 0.153 e. The molecule has 1 unspecified atom stereocenters. The fraction of sp³-hybridized carbons (Fsp3) is 0.429. The monoisotopic (exact) mass is 380 g/mol. The van der Waals surface area contributed by atoms with Crippen LogP contribution in [0.15, 0.2) is 47.4 Å². The highest BCUT2D eigenvalue weighted by Gasteiger charge is 2.31. The number of amidine groups is 1. The van der Waals surface area contributed by atoms with Crippen LogP contribution in [0.25, 0.3) is 0 Å². The van der Waals surface area contributed by atoms with Crippen LogP contribution in [0, 0.1) is 0 Å². The van der Waals surface area contributed by atoms with Gasteiger partial charge in [-0.25, -0.2) is 4.98 Å². The van der Waals surface area contributed by atoms with E-state index in [0.29, 0.717) is 12.6 Å². The third-order valence-electron chi connectivity index (χ3n) is 5.30. The van der Waals surface area contributed by atoms with E-state index in [2.05, 4.69) is 52.1 Å². The van der Waals surface area contributed by atoms with Crippen LogP contribution >= 0.6 is 0 Å². The average Bonchev–Trinajstić information content (AvgIpc) is 3.29. The van der Waals surface area contributed by atoms with Crippen molar-refractivity contribution in [3.8, 4) is 5.75 Å². The minimum absolute atomic E-state index is 0.0124. The Morgan fingerprint density at radius 2 is 2.04 bits per heavy atom. The Kier molecular flexibility index (Phi) is 4.98. The standard InChI is InChI=1S/C21H28N6O/c1-14(2)27-13-23-18-20(22-11-10-15-6-8-16(28)9-7-15)24-19(25-21(18)27)17-5-4-12-26(17)3/h5-9,13-14,19,25,28H,4,10-12H2,1-3H3,(H,22,24). The molecule has 0 radical (unpaired) electrons. The number of phenolic OH excluding ortho intramolecular Hbond substituents is 1. The molecular weight excluding hydrogens is 352 g/mol. The van der Waals surface area contributed by atoms with Crippen molar-refractivity contribution in [2.75, 3.05) is 25.5 Å². The van der Waals surface area contributed by atoms with Crippen LogP contribution in [0.5, 0.6) is 5.75 Å². The van der Waals surface area contributed by atoms with Gasteiger partial charge in [0.25, 0.3) is 0 Å². The topological polar surface area (TPSA) is 77.7 Å². The molecule has 0 spiro atoms. The molecule has 0 saturated heterocycles. The van der Waals surface area contributed by atoms with E-state index in [1.54, 1.807) is 12.1 Å². The first-order valence-electron chi connectivity index (χ1n) is 9.86. The Hall–Kier alpha value is -2.96. The summed E-state index contributed by atoms with van der Waals surface area (Å²) in [6.07, 6.45) is 6.03. The lowest BCUT2D eigenvalue weighted by Crippen LogP contribution is -2.49. The number of hydrogen-bond acceptors (Lipinski definition) is 5. The molecular formula is C21H28N6O. The molecule has 1 aromatic carbocycles. The Morgan fingerprint density at radius 3 is 2.71 bits per heavy atom. The van der Waals surface area contributed by atoms with E-state index < -0.39 is 0 Å². The molecule has 2 aromatic rings. The highest BCUT2D eigenvalue weighted by atomic mass is 16.3. The summed E-state index contributed by atoms with van der Waals surface area (Å²) in [5, 5.41) is 16.6. The Morgan fingerprint density at radius 1 is 1.25 bits per heavy atom. The number of aromatic hydroxyl groups is 1. The smallest absolute Gasteiger partial charge is 0.153 e. The van der Waals surface area contributed by atoms with Gasteiger partial charge < -0.3 is 25.2 Å². The maximum atomic E-state index is 9.43. The van der Waals surface area contributed by atoms with Crippen LogP contribution < -0.4 is 10.6 Å². The second-order valence-electron chi connectivity index (χ2n) is 7.65. The van der Waals surface area contributed by atoms with Crippen molar-refractivity contribution in [1.82, 2.24) is 19.8 Å². The number of benzene rings is 1. The van der Waals surface area contributed by atoms with E-state index in [4.69, 9.17) is 4.99 Å². The third kappa shape index (κ3) is 3.56. The third-order valence-corrected chi connectivity index (χ3v) is 5.30. The largest absolute Gasteiger partial charge is 0.508 e. The van der Waals surface area contributed by atoms with Gasteiger partial charge in [-0.05, 0) is 44.4 Å². The lowest BCUT2D eigenvalue weighted by molar-refractivity contribution is 0.422. The van der Waals surface area contributed by atoms with Crippen molar-refractivity contribution >= 4 is 11.7 Å². The van der Waals surface area contributed by atoms with E-state index in [1.807, 2.05) is 18.5 Å². The number of aromatic nitrogens is 2. The molecule has 0 bridgehead atoms. The molecule has 2 aliphatic heterocycles. The molecule has 3 heterocycles. The molecule has 1 atom stereocenters. The number of likely N-dealkylation sites (N-methyl/N-ethyl adjacent to an activating group) is 1. The van der Waals surface area contributed by atoms with Gasteiger partial charge in [0.05, 0.1) is 12.0 Å². The van der Waals surface area contributed by atoms with Gasteiger partial charge in [-0.15, -0.1) is 0 Å². The predicted octanol–water partition coefficient (Wildman–Crippen LogP) is 2.72. The van der Waals surface area contributed by atoms with E-state index in [0.717, 1.165) is 42.3 Å². The highest BCUT2D eigenvalue weighted by molar-refractivity contribution is 6.03. The van der Waals surface area contributed by atoms with Crippen LogP contribution in [0.4, 0.5) is 5.82 Å². The summed E-state index contributed by atoms with van der Waals surface area (Å²) in [7, 11) is 2.12. The normalized spacial score (nSPS) is 20.1. The predicted molar refractivity (Wildman–Crippen MR) is 112 cm³/mol. The summed E-state index contributed by atoms with van der Waals surface area (Å²) in [6.45, 7) is 6.01. The summed E-state index contributed by atoms with van der Waals surface area (Å²) in [4.78, 5) is 11.7. The summed E-state index contributed by atoms with van der Waals surface area (Å²) in [5.74, 6) is 2.14. The lowest BCUT2D eigenvalue weighted by atomic mass is 10.1. The zero-order chi connectivity index (χ0) is 19.7. The van der Waals surface area contributed by atoms with Gasteiger partial charge in [0.2, 0.25) is 0 Å². The summed E-state index contributed by atoms with van der Waals surface area (Å²) < 4.78 is 2.16. The fourth-order valence-corrected chi connectivity index (χ4v) is 3.70. The minimum atomic E-state index is -0.0124. The van der Waals surface area contributed by atoms with Crippen molar-refractivity contribution in [3.05, 3.63) is 53.6 Å². The summed E-state index contributed by atoms with van der Waals surface area (Å²) in [5.41, 5.74) is 3.27. The fourth-order valence-electron chi connectivity index (χ4n) is 3.70. The average molecular weight is 380 g/mol. The number of anilines is 1. The summed E-state index contributed by atoms with van der Waals surface area (Å²) >= 11 is 0. The Balaban J connectivity index is 1.59. The Bertz CT molecular complexity index is 896. The van der Waals surface area contributed by atoms with Crippen molar-refractivity contribution in [3.63, 3.8) is 0 Å². The number of phenols is 1. The van der Waals surface area contributed by atoms with E-state index in [-0.39, 0.29) is 11.9 Å². The first kappa shape index (κ1) is 18.4. The molecule has 3 N–H and O–H groups in total. The maximum absolute atomic E-state index is 9.43. The molecule has 0 aliphatic carbocycles. The number of fused-ring (bicyclic) bond motifs is 1. The second-order valence-corrected chi connectivity index (χ2v) is 7.65. The van der Waals surface area contributed by atoms with Crippen LogP contribution in [0.1, 0.15) is 37.6 Å². The first-order valence-corrected chi connectivity index (χ1v) is 9.86. The molecule has 7 nitrogen and oxygen atoms in total. The second kappa shape index (κ2) is 7.58. The van der Waals surface area contributed by atoms with E-state index >= 15 is 0 Å². The van der Waals surface area contributed by atoms with Gasteiger partial charge in [-0.3, -0.25) is 4.99 Å². The number of imidazole rings is 1.